The Hall–Kier alpha value is -1.78. The molecule has 0 saturated carbocycles. The molecule has 5 heteroatoms. The summed E-state index contributed by atoms with van der Waals surface area (Å²) < 4.78 is 7.35. The fraction of sp³-hybridized carbons (Fsp3) is 0.250. The van der Waals surface area contributed by atoms with E-state index in [9.17, 15) is 0 Å². The van der Waals surface area contributed by atoms with Crippen LogP contribution in [-0.2, 0) is 6.54 Å². The summed E-state index contributed by atoms with van der Waals surface area (Å²) in [5.74, 6) is 2.62. The van der Waals surface area contributed by atoms with Gasteiger partial charge in [-0.3, -0.25) is 5.32 Å². The molecule has 2 aromatic heterocycles. The minimum atomic E-state index is 0.822. The first-order valence-electron chi connectivity index (χ1n) is 4.21. The summed E-state index contributed by atoms with van der Waals surface area (Å²) in [6, 6.07) is 3.78. The summed E-state index contributed by atoms with van der Waals surface area (Å²) in [6.45, 7) is 1.87. The Bertz CT molecular complexity index is 417. The van der Waals surface area contributed by atoms with Crippen LogP contribution in [0.5, 0.6) is 0 Å². The quantitative estimate of drug-likeness (QED) is 0.619. The van der Waals surface area contributed by atoms with Crippen LogP contribution >= 0.6 is 0 Å². The first kappa shape index (κ1) is 6.71. The minimum absolute atomic E-state index is 0.822. The number of rotatable bonds is 1. The van der Waals surface area contributed by atoms with E-state index < -0.39 is 0 Å². The molecular formula is C8H9N4O+. The zero-order valence-electron chi connectivity index (χ0n) is 6.95. The van der Waals surface area contributed by atoms with Crippen LogP contribution in [0, 0.1) is 0 Å². The van der Waals surface area contributed by atoms with Crippen molar-refractivity contribution in [3.05, 3.63) is 18.4 Å². The number of nitrogens with one attached hydrogen (secondary N) is 2. The summed E-state index contributed by atoms with van der Waals surface area (Å²) in [7, 11) is 0. The highest BCUT2D eigenvalue weighted by Gasteiger charge is 2.25. The highest BCUT2D eigenvalue weighted by atomic mass is 16.3. The lowest BCUT2D eigenvalue weighted by molar-refractivity contribution is -0.660. The van der Waals surface area contributed by atoms with Gasteiger partial charge in [-0.25, -0.2) is 4.57 Å². The Morgan fingerprint density at radius 3 is 3.38 bits per heavy atom. The molecule has 2 N–H and O–H groups in total. The predicted molar refractivity (Wildman–Crippen MR) is 45.0 cm³/mol. The molecule has 66 valence electrons. The van der Waals surface area contributed by atoms with Gasteiger partial charge in [-0.15, -0.1) is 5.10 Å². The van der Waals surface area contributed by atoms with E-state index in [0.29, 0.717) is 0 Å². The van der Waals surface area contributed by atoms with Gasteiger partial charge in [-0.1, -0.05) is 0 Å². The molecule has 0 amide bonds. The molecule has 1 aliphatic rings. The summed E-state index contributed by atoms with van der Waals surface area (Å²) >= 11 is 0. The molecule has 0 spiro atoms. The molecule has 1 aliphatic heterocycles. The van der Waals surface area contributed by atoms with Crippen molar-refractivity contribution in [2.45, 2.75) is 6.54 Å². The zero-order valence-corrected chi connectivity index (χ0v) is 6.95. The van der Waals surface area contributed by atoms with E-state index >= 15 is 0 Å². The maximum atomic E-state index is 5.28. The molecule has 13 heavy (non-hydrogen) atoms. The van der Waals surface area contributed by atoms with E-state index in [2.05, 4.69) is 20.1 Å². The van der Waals surface area contributed by atoms with E-state index in [4.69, 9.17) is 4.42 Å². The normalized spacial score (nSPS) is 14.2. The number of aromatic nitrogens is 3. The highest BCUT2D eigenvalue weighted by molar-refractivity contribution is 5.43. The number of nitrogens with zero attached hydrogens (tertiary/aromatic N) is 2. The van der Waals surface area contributed by atoms with Gasteiger partial charge in [0.05, 0.1) is 19.4 Å². The van der Waals surface area contributed by atoms with Gasteiger partial charge in [-0.2, -0.15) is 0 Å². The highest BCUT2D eigenvalue weighted by Crippen LogP contribution is 2.15. The van der Waals surface area contributed by atoms with Gasteiger partial charge in [0.25, 0.3) is 5.82 Å². The monoisotopic (exact) mass is 177 g/mol. The first-order chi connectivity index (χ1) is 6.45. The minimum Gasteiger partial charge on any atom is -0.459 e. The van der Waals surface area contributed by atoms with Crippen molar-refractivity contribution >= 4 is 5.95 Å². The number of H-pyrrole nitrogens is 1. The van der Waals surface area contributed by atoms with E-state index in [1.165, 1.54) is 0 Å². The van der Waals surface area contributed by atoms with Crippen LogP contribution in [0.3, 0.4) is 0 Å². The molecule has 0 unspecified atom stereocenters. The topological polar surface area (TPSA) is 57.7 Å². The second-order valence-corrected chi connectivity index (χ2v) is 2.95. The standard InChI is InChI=1S/C8H8N4O/c1-2-6(13-5-1)7-10-11-8-9-3-4-12(7)8/h1-2,5H,3-4H2,(H,9,11)/p+1. The molecular weight excluding hydrogens is 168 g/mol. The van der Waals surface area contributed by atoms with Crippen LogP contribution in [0.25, 0.3) is 11.6 Å². The number of furan rings is 1. The summed E-state index contributed by atoms with van der Waals surface area (Å²) in [4.78, 5) is 0. The second-order valence-electron chi connectivity index (χ2n) is 2.95. The van der Waals surface area contributed by atoms with Gasteiger partial charge in [0.2, 0.25) is 0 Å². The summed E-state index contributed by atoms with van der Waals surface area (Å²) in [5, 5.41) is 10.2. The predicted octanol–water partition coefficient (Wildman–Crippen LogP) is 0.383. The Morgan fingerprint density at radius 1 is 1.54 bits per heavy atom. The third-order valence-electron chi connectivity index (χ3n) is 2.17. The summed E-state index contributed by atoms with van der Waals surface area (Å²) in [6.07, 6.45) is 1.66. The zero-order chi connectivity index (χ0) is 8.67. The van der Waals surface area contributed by atoms with Crippen LogP contribution in [0.4, 0.5) is 5.95 Å². The van der Waals surface area contributed by atoms with Crippen molar-refractivity contribution in [3.63, 3.8) is 0 Å². The molecule has 0 bridgehead atoms. The van der Waals surface area contributed by atoms with Crippen LogP contribution in [0.1, 0.15) is 0 Å². The molecule has 5 nitrogen and oxygen atoms in total. The number of hydrogen-bond acceptors (Lipinski definition) is 3. The Morgan fingerprint density at radius 2 is 2.54 bits per heavy atom. The van der Waals surface area contributed by atoms with Crippen molar-refractivity contribution < 1.29 is 8.98 Å². The van der Waals surface area contributed by atoms with Gasteiger partial charge in [0.15, 0.2) is 5.76 Å². The Kier molecular flexibility index (Phi) is 1.21. The molecule has 0 aromatic carbocycles. The van der Waals surface area contributed by atoms with Crippen molar-refractivity contribution in [2.75, 3.05) is 11.9 Å². The van der Waals surface area contributed by atoms with Crippen LogP contribution in [0.2, 0.25) is 0 Å². The van der Waals surface area contributed by atoms with Gasteiger partial charge < -0.3 is 4.42 Å². The van der Waals surface area contributed by atoms with E-state index in [0.717, 1.165) is 30.6 Å². The molecule has 0 saturated heterocycles. The van der Waals surface area contributed by atoms with Crippen molar-refractivity contribution in [3.8, 4) is 11.6 Å². The number of hydrogen-bond donors (Lipinski definition) is 2. The first-order valence-corrected chi connectivity index (χ1v) is 4.21. The molecule has 0 atom stereocenters. The van der Waals surface area contributed by atoms with Crippen LogP contribution in [0.15, 0.2) is 22.8 Å². The third-order valence-corrected chi connectivity index (χ3v) is 2.17. The molecule has 2 aromatic rings. The van der Waals surface area contributed by atoms with Crippen LogP contribution in [-0.4, -0.2) is 16.7 Å². The largest absolute Gasteiger partial charge is 0.459 e. The number of aromatic amines is 1. The van der Waals surface area contributed by atoms with Crippen molar-refractivity contribution in [1.29, 1.82) is 0 Å². The lowest BCUT2D eigenvalue weighted by Gasteiger charge is -1.90. The van der Waals surface area contributed by atoms with Gasteiger partial charge in [0, 0.05) is 5.10 Å². The molecule has 3 heterocycles. The Balaban J connectivity index is 2.16. The molecule has 3 rings (SSSR count). The Labute approximate surface area is 74.4 Å². The number of fused-ring (bicyclic) bond motifs is 1. The fourth-order valence-electron chi connectivity index (χ4n) is 1.57. The average Bonchev–Trinajstić information content (AvgIpc) is 2.79. The van der Waals surface area contributed by atoms with Gasteiger partial charge in [0.1, 0.15) is 0 Å². The van der Waals surface area contributed by atoms with E-state index in [1.54, 1.807) is 6.26 Å². The lowest BCUT2D eigenvalue weighted by atomic mass is 10.4. The molecule has 0 aliphatic carbocycles. The maximum Gasteiger partial charge on any atom is 0.378 e. The lowest BCUT2D eigenvalue weighted by Crippen LogP contribution is -2.31. The van der Waals surface area contributed by atoms with Gasteiger partial charge >= 0.3 is 5.95 Å². The van der Waals surface area contributed by atoms with Crippen LogP contribution < -0.4 is 9.88 Å². The van der Waals surface area contributed by atoms with E-state index in [-0.39, 0.29) is 0 Å². The maximum absolute atomic E-state index is 5.28. The second kappa shape index (κ2) is 2.35. The van der Waals surface area contributed by atoms with Crippen molar-refractivity contribution in [1.82, 2.24) is 10.2 Å². The smallest absolute Gasteiger partial charge is 0.378 e. The molecule has 0 fully saturated rings. The average molecular weight is 177 g/mol. The summed E-state index contributed by atoms with van der Waals surface area (Å²) in [5.41, 5.74) is 0. The van der Waals surface area contributed by atoms with E-state index in [1.807, 2.05) is 12.1 Å². The van der Waals surface area contributed by atoms with Gasteiger partial charge in [-0.05, 0) is 12.1 Å². The fourth-order valence-corrected chi connectivity index (χ4v) is 1.57. The number of anilines is 1. The third kappa shape index (κ3) is 0.867. The SMILES string of the molecule is c1coc(-c2[nH]nc3[n+]2CCN3)c1. The van der Waals surface area contributed by atoms with Crippen molar-refractivity contribution in [2.24, 2.45) is 0 Å². The molecule has 0 radical (unpaired) electrons.